The Morgan fingerprint density at radius 1 is 0.667 bits per heavy atom. The van der Waals surface area contributed by atoms with Crippen LogP contribution in [0.2, 0.25) is 0 Å². The van der Waals surface area contributed by atoms with Crippen molar-refractivity contribution >= 4 is 21.8 Å². The van der Waals surface area contributed by atoms with Crippen LogP contribution in [0.1, 0.15) is 5.56 Å². The van der Waals surface area contributed by atoms with Gasteiger partial charge >= 0.3 is 0 Å². The highest BCUT2D eigenvalue weighted by molar-refractivity contribution is 6.05. The second kappa shape index (κ2) is 6.25. The van der Waals surface area contributed by atoms with E-state index in [-0.39, 0.29) is 0 Å². The van der Waals surface area contributed by atoms with Gasteiger partial charge in [-0.15, -0.1) is 0 Å². The van der Waals surface area contributed by atoms with Crippen molar-refractivity contribution in [3.63, 3.8) is 0 Å². The van der Waals surface area contributed by atoms with E-state index in [9.17, 15) is 0 Å². The van der Waals surface area contributed by atoms with Gasteiger partial charge in [0.1, 0.15) is 0 Å². The highest BCUT2D eigenvalue weighted by Crippen LogP contribution is 2.31. The molecule has 0 amide bonds. The maximum absolute atomic E-state index is 4.99. The summed E-state index contributed by atoms with van der Waals surface area (Å²) >= 11 is 0. The van der Waals surface area contributed by atoms with Crippen LogP contribution in [0.25, 0.3) is 44.5 Å². The molecular weight excluding hydrogens is 332 g/mol. The molecule has 0 atom stereocenters. The van der Waals surface area contributed by atoms with Crippen LogP contribution in [0, 0.1) is 6.92 Å². The van der Waals surface area contributed by atoms with Crippen LogP contribution < -0.4 is 0 Å². The largest absolute Gasteiger partial charge is 0.255 e. The quantitative estimate of drug-likeness (QED) is 0.411. The fraction of sp³-hybridized carbons (Fsp3) is 0.0435. The molecule has 0 fully saturated rings. The summed E-state index contributed by atoms with van der Waals surface area (Å²) in [7, 11) is 0. The molecule has 5 rings (SSSR count). The zero-order chi connectivity index (χ0) is 18.2. The Labute approximate surface area is 156 Å². The number of pyridine rings is 4. The van der Waals surface area contributed by atoms with Gasteiger partial charge in [0.15, 0.2) is 0 Å². The van der Waals surface area contributed by atoms with Crippen molar-refractivity contribution in [2.75, 3.05) is 0 Å². The van der Waals surface area contributed by atoms with Crippen molar-refractivity contribution in [1.29, 1.82) is 0 Å². The third kappa shape index (κ3) is 2.62. The number of aromatic nitrogens is 4. The molecule has 0 radical (unpaired) electrons. The SMILES string of the molecule is Cc1cc2cccnc2c2nc(-c3cccnc3-c3ccccn3)ccc12. The average Bonchev–Trinajstić information content (AvgIpc) is 2.74. The Morgan fingerprint density at radius 3 is 2.41 bits per heavy atom. The second-order valence-corrected chi connectivity index (χ2v) is 6.48. The summed E-state index contributed by atoms with van der Waals surface area (Å²) in [6, 6.07) is 20.2. The van der Waals surface area contributed by atoms with Crippen LogP contribution in [-0.4, -0.2) is 19.9 Å². The van der Waals surface area contributed by atoms with Crippen LogP contribution in [0.5, 0.6) is 0 Å². The number of benzene rings is 1. The highest BCUT2D eigenvalue weighted by Gasteiger charge is 2.13. The lowest BCUT2D eigenvalue weighted by atomic mass is 10.0. The number of rotatable bonds is 2. The van der Waals surface area contributed by atoms with Gasteiger partial charge in [0.2, 0.25) is 0 Å². The molecule has 0 bridgehead atoms. The maximum Gasteiger partial charge on any atom is 0.0980 e. The molecule has 0 aliphatic heterocycles. The van der Waals surface area contributed by atoms with Crippen LogP contribution in [-0.2, 0) is 0 Å². The predicted octanol–water partition coefficient (Wildman–Crippen LogP) is 5.22. The first-order valence-corrected chi connectivity index (χ1v) is 8.83. The van der Waals surface area contributed by atoms with Crippen LogP contribution in [0.4, 0.5) is 0 Å². The molecular formula is C23H16N4. The van der Waals surface area contributed by atoms with E-state index in [1.807, 2.05) is 48.7 Å². The van der Waals surface area contributed by atoms with Gasteiger partial charge in [0.25, 0.3) is 0 Å². The lowest BCUT2D eigenvalue weighted by Gasteiger charge is -2.11. The van der Waals surface area contributed by atoms with Gasteiger partial charge in [-0.25, -0.2) is 4.98 Å². The molecule has 0 saturated heterocycles. The molecule has 0 aliphatic carbocycles. The van der Waals surface area contributed by atoms with Crippen LogP contribution in [0.15, 0.2) is 79.3 Å². The van der Waals surface area contributed by atoms with Gasteiger partial charge in [-0.3, -0.25) is 15.0 Å². The molecule has 0 N–H and O–H groups in total. The van der Waals surface area contributed by atoms with Gasteiger partial charge in [0.05, 0.1) is 28.1 Å². The summed E-state index contributed by atoms with van der Waals surface area (Å²) in [6.07, 6.45) is 5.38. The van der Waals surface area contributed by atoms with E-state index in [2.05, 4.69) is 40.1 Å². The predicted molar refractivity (Wildman–Crippen MR) is 108 cm³/mol. The summed E-state index contributed by atoms with van der Waals surface area (Å²) in [4.78, 5) is 18.6. The number of hydrogen-bond acceptors (Lipinski definition) is 4. The van der Waals surface area contributed by atoms with Crippen LogP contribution >= 0.6 is 0 Å². The standard InChI is InChI=1S/C23H16N4/c1-15-14-16-6-4-12-25-21(16)23-17(15)9-10-19(27-23)18-7-5-13-26-22(18)20-8-2-3-11-24-20/h2-14H,1H3. The smallest absolute Gasteiger partial charge is 0.0980 e. The maximum atomic E-state index is 4.99. The molecule has 1 aromatic carbocycles. The highest BCUT2D eigenvalue weighted by atomic mass is 14.8. The Balaban J connectivity index is 1.79. The number of aryl methyl sites for hydroxylation is 1. The van der Waals surface area contributed by atoms with E-state index in [1.54, 1.807) is 12.4 Å². The minimum Gasteiger partial charge on any atom is -0.255 e. The summed E-state index contributed by atoms with van der Waals surface area (Å²) in [5, 5.41) is 2.22. The molecule has 4 heteroatoms. The van der Waals surface area contributed by atoms with Gasteiger partial charge in [0, 0.05) is 34.9 Å². The fourth-order valence-corrected chi connectivity index (χ4v) is 3.47. The zero-order valence-electron chi connectivity index (χ0n) is 14.8. The van der Waals surface area contributed by atoms with Crippen LogP contribution in [0.3, 0.4) is 0 Å². The molecule has 4 heterocycles. The van der Waals surface area contributed by atoms with Crippen molar-refractivity contribution in [3.8, 4) is 22.6 Å². The lowest BCUT2D eigenvalue weighted by Crippen LogP contribution is -1.94. The van der Waals surface area contributed by atoms with E-state index in [4.69, 9.17) is 4.98 Å². The first-order chi connectivity index (χ1) is 13.3. The number of hydrogen-bond donors (Lipinski definition) is 0. The van der Waals surface area contributed by atoms with Gasteiger partial charge in [-0.1, -0.05) is 18.2 Å². The first-order valence-electron chi connectivity index (χ1n) is 8.83. The molecule has 0 unspecified atom stereocenters. The summed E-state index contributed by atoms with van der Waals surface area (Å²) in [5.41, 5.74) is 6.53. The fourth-order valence-electron chi connectivity index (χ4n) is 3.47. The lowest BCUT2D eigenvalue weighted by molar-refractivity contribution is 1.24. The molecule has 4 aromatic heterocycles. The Bertz CT molecular complexity index is 1280. The summed E-state index contributed by atoms with van der Waals surface area (Å²) in [5.74, 6) is 0. The van der Waals surface area contributed by atoms with Crippen molar-refractivity contribution in [3.05, 3.63) is 84.8 Å². The van der Waals surface area contributed by atoms with Crippen molar-refractivity contribution in [2.45, 2.75) is 6.92 Å². The number of nitrogens with zero attached hydrogens (tertiary/aromatic N) is 4. The normalized spacial score (nSPS) is 11.1. The van der Waals surface area contributed by atoms with Gasteiger partial charge in [-0.2, -0.15) is 0 Å². The summed E-state index contributed by atoms with van der Waals surface area (Å²) < 4.78 is 0. The number of fused-ring (bicyclic) bond motifs is 3. The Morgan fingerprint density at radius 2 is 1.52 bits per heavy atom. The molecule has 0 saturated carbocycles. The topological polar surface area (TPSA) is 51.6 Å². The van der Waals surface area contributed by atoms with Crippen molar-refractivity contribution in [1.82, 2.24) is 19.9 Å². The second-order valence-electron chi connectivity index (χ2n) is 6.48. The van der Waals surface area contributed by atoms with E-state index >= 15 is 0 Å². The van der Waals surface area contributed by atoms with E-state index in [0.29, 0.717) is 0 Å². The van der Waals surface area contributed by atoms with Crippen molar-refractivity contribution < 1.29 is 0 Å². The molecule has 0 spiro atoms. The summed E-state index contributed by atoms with van der Waals surface area (Å²) in [6.45, 7) is 2.11. The zero-order valence-corrected chi connectivity index (χ0v) is 14.8. The average molecular weight is 348 g/mol. The Kier molecular flexibility index (Phi) is 3.61. The third-order valence-electron chi connectivity index (χ3n) is 4.75. The van der Waals surface area contributed by atoms with Gasteiger partial charge in [-0.05, 0) is 55.0 Å². The minimum absolute atomic E-state index is 0.829. The third-order valence-corrected chi connectivity index (χ3v) is 4.75. The Hall–Kier alpha value is -3.66. The van der Waals surface area contributed by atoms with E-state index < -0.39 is 0 Å². The molecule has 4 nitrogen and oxygen atoms in total. The van der Waals surface area contributed by atoms with Crippen molar-refractivity contribution in [2.24, 2.45) is 0 Å². The van der Waals surface area contributed by atoms with E-state index in [0.717, 1.165) is 44.5 Å². The molecule has 27 heavy (non-hydrogen) atoms. The first kappa shape index (κ1) is 15.6. The monoisotopic (exact) mass is 348 g/mol. The molecule has 0 aliphatic rings. The van der Waals surface area contributed by atoms with E-state index in [1.165, 1.54) is 5.56 Å². The van der Waals surface area contributed by atoms with Gasteiger partial charge < -0.3 is 0 Å². The molecule has 128 valence electrons. The molecule has 5 aromatic rings. The minimum atomic E-state index is 0.829.